The molecule has 5 nitrogen and oxygen atoms in total. The fraction of sp³-hybridized carbons (Fsp3) is 0.375. The Morgan fingerprint density at radius 2 is 2.10 bits per heavy atom. The molecule has 1 aromatic heterocycles. The minimum absolute atomic E-state index is 0.311. The predicted octanol–water partition coefficient (Wildman–Crippen LogP) is 2.08. The third-order valence-electron chi connectivity index (χ3n) is 3.92. The van der Waals surface area contributed by atoms with Crippen LogP contribution in [0.15, 0.2) is 36.8 Å². The maximum absolute atomic E-state index is 5.99. The van der Waals surface area contributed by atoms with E-state index in [0.29, 0.717) is 6.04 Å². The highest BCUT2D eigenvalue weighted by molar-refractivity contribution is 5.75. The predicted molar refractivity (Wildman–Crippen MR) is 83.4 cm³/mol. The van der Waals surface area contributed by atoms with Gasteiger partial charge in [-0.25, -0.2) is 9.97 Å². The molecular formula is C16H20N4O. The van der Waals surface area contributed by atoms with Crippen molar-refractivity contribution < 1.29 is 4.74 Å². The second kappa shape index (κ2) is 6.10. The summed E-state index contributed by atoms with van der Waals surface area (Å²) in [4.78, 5) is 11.0. The number of rotatable bonds is 3. The largest absolute Gasteiger partial charge is 0.497 e. The van der Waals surface area contributed by atoms with E-state index < -0.39 is 0 Å². The van der Waals surface area contributed by atoms with E-state index in [1.54, 1.807) is 13.4 Å². The van der Waals surface area contributed by atoms with Crippen LogP contribution in [0, 0.1) is 0 Å². The molecule has 2 N–H and O–H groups in total. The Morgan fingerprint density at radius 3 is 2.86 bits per heavy atom. The van der Waals surface area contributed by atoms with Crippen molar-refractivity contribution in [1.29, 1.82) is 0 Å². The molecule has 2 heterocycles. The molecule has 0 amide bonds. The second-order valence-corrected chi connectivity index (χ2v) is 5.31. The zero-order valence-electron chi connectivity index (χ0n) is 12.2. The number of benzene rings is 1. The van der Waals surface area contributed by atoms with Crippen LogP contribution >= 0.6 is 0 Å². The van der Waals surface area contributed by atoms with Crippen LogP contribution in [0.2, 0.25) is 0 Å². The lowest BCUT2D eigenvalue weighted by Gasteiger charge is -2.32. The van der Waals surface area contributed by atoms with Crippen LogP contribution in [-0.4, -0.2) is 36.2 Å². The van der Waals surface area contributed by atoms with E-state index in [2.05, 4.69) is 14.9 Å². The maximum atomic E-state index is 5.99. The normalized spacial score (nSPS) is 16.0. The Bertz CT molecular complexity index is 609. The molecule has 0 atom stereocenters. The third-order valence-corrected chi connectivity index (χ3v) is 3.92. The van der Waals surface area contributed by atoms with Crippen LogP contribution in [-0.2, 0) is 0 Å². The van der Waals surface area contributed by atoms with Gasteiger partial charge in [-0.05, 0) is 25.0 Å². The summed E-state index contributed by atoms with van der Waals surface area (Å²) in [6.45, 7) is 1.90. The average Bonchev–Trinajstić information content (AvgIpc) is 2.56. The summed E-state index contributed by atoms with van der Waals surface area (Å²) >= 11 is 0. The van der Waals surface area contributed by atoms with Crippen molar-refractivity contribution in [1.82, 2.24) is 9.97 Å². The maximum Gasteiger partial charge on any atom is 0.119 e. The van der Waals surface area contributed by atoms with Crippen LogP contribution in [0.3, 0.4) is 0 Å². The molecule has 21 heavy (non-hydrogen) atoms. The molecule has 110 valence electrons. The number of piperidine rings is 1. The lowest BCUT2D eigenvalue weighted by Crippen LogP contribution is -2.40. The third kappa shape index (κ3) is 2.97. The summed E-state index contributed by atoms with van der Waals surface area (Å²) in [5.41, 5.74) is 9.04. The zero-order valence-corrected chi connectivity index (χ0v) is 12.2. The number of hydrogen-bond donors (Lipinski definition) is 1. The van der Waals surface area contributed by atoms with Crippen molar-refractivity contribution in [3.8, 4) is 17.0 Å². The van der Waals surface area contributed by atoms with Gasteiger partial charge in [0.15, 0.2) is 0 Å². The highest BCUT2D eigenvalue weighted by Gasteiger charge is 2.20. The molecule has 1 aromatic carbocycles. The van der Waals surface area contributed by atoms with Crippen molar-refractivity contribution in [3.63, 3.8) is 0 Å². The lowest BCUT2D eigenvalue weighted by molar-refractivity contribution is 0.415. The van der Waals surface area contributed by atoms with Crippen molar-refractivity contribution in [3.05, 3.63) is 36.8 Å². The molecule has 1 aliphatic rings. The van der Waals surface area contributed by atoms with Crippen LogP contribution in [0.5, 0.6) is 5.75 Å². The first-order valence-corrected chi connectivity index (χ1v) is 7.23. The molecule has 0 unspecified atom stereocenters. The van der Waals surface area contributed by atoms with Crippen molar-refractivity contribution in [2.24, 2.45) is 5.73 Å². The summed E-state index contributed by atoms with van der Waals surface area (Å²) < 4.78 is 5.30. The van der Waals surface area contributed by atoms with Gasteiger partial charge in [0, 0.05) is 24.7 Å². The minimum Gasteiger partial charge on any atom is -0.497 e. The Morgan fingerprint density at radius 1 is 1.29 bits per heavy atom. The molecule has 3 rings (SSSR count). The van der Waals surface area contributed by atoms with Gasteiger partial charge in [-0.3, -0.25) is 0 Å². The first kappa shape index (κ1) is 13.8. The summed E-state index contributed by atoms with van der Waals surface area (Å²) in [5, 5.41) is 0. The molecule has 1 fully saturated rings. The molecule has 0 radical (unpaired) electrons. The highest BCUT2D eigenvalue weighted by atomic mass is 16.5. The van der Waals surface area contributed by atoms with E-state index in [4.69, 9.17) is 10.5 Å². The van der Waals surface area contributed by atoms with Gasteiger partial charge < -0.3 is 15.4 Å². The number of nitrogens with two attached hydrogens (primary N) is 1. The molecule has 0 spiro atoms. The molecule has 0 aliphatic carbocycles. The van der Waals surface area contributed by atoms with E-state index in [1.807, 2.05) is 30.5 Å². The van der Waals surface area contributed by atoms with Gasteiger partial charge in [0.05, 0.1) is 24.7 Å². The summed E-state index contributed by atoms with van der Waals surface area (Å²) in [7, 11) is 1.67. The molecule has 0 saturated carbocycles. The Balaban J connectivity index is 1.95. The van der Waals surface area contributed by atoms with E-state index in [9.17, 15) is 0 Å². The summed E-state index contributed by atoms with van der Waals surface area (Å²) in [5.74, 6) is 0.831. The quantitative estimate of drug-likeness (QED) is 0.935. The topological polar surface area (TPSA) is 64.3 Å². The fourth-order valence-corrected chi connectivity index (χ4v) is 2.69. The number of aromatic nitrogens is 2. The van der Waals surface area contributed by atoms with Crippen molar-refractivity contribution in [2.45, 2.75) is 18.9 Å². The monoisotopic (exact) mass is 284 g/mol. The Labute approximate surface area is 124 Å². The van der Waals surface area contributed by atoms with E-state index >= 15 is 0 Å². The number of anilines is 1. The molecule has 0 bridgehead atoms. The highest BCUT2D eigenvalue weighted by Crippen LogP contribution is 2.31. The molecule has 1 saturated heterocycles. The molecule has 2 aromatic rings. The van der Waals surface area contributed by atoms with Gasteiger partial charge in [0.1, 0.15) is 12.1 Å². The molecule has 5 heteroatoms. The summed E-state index contributed by atoms with van der Waals surface area (Å²) in [6, 6.07) is 8.27. The average molecular weight is 284 g/mol. The fourth-order valence-electron chi connectivity index (χ4n) is 2.69. The van der Waals surface area contributed by atoms with Gasteiger partial charge >= 0.3 is 0 Å². The van der Waals surface area contributed by atoms with Crippen LogP contribution in [0.4, 0.5) is 5.69 Å². The SMILES string of the molecule is COc1cccc(-c2ncncc2N2CCC(N)CC2)c1. The molecule has 1 aliphatic heterocycles. The van der Waals surface area contributed by atoms with Crippen LogP contribution in [0.1, 0.15) is 12.8 Å². The number of hydrogen-bond acceptors (Lipinski definition) is 5. The first-order chi connectivity index (χ1) is 10.3. The van der Waals surface area contributed by atoms with Crippen LogP contribution in [0.25, 0.3) is 11.3 Å². The Kier molecular flexibility index (Phi) is 4.01. The summed E-state index contributed by atoms with van der Waals surface area (Å²) in [6.07, 6.45) is 5.49. The van der Waals surface area contributed by atoms with Gasteiger partial charge in [0.2, 0.25) is 0 Å². The Hall–Kier alpha value is -2.14. The number of ether oxygens (including phenoxy) is 1. The number of nitrogens with zero attached hydrogens (tertiary/aromatic N) is 3. The van der Waals surface area contributed by atoms with Crippen LogP contribution < -0.4 is 15.4 Å². The smallest absolute Gasteiger partial charge is 0.119 e. The molecular weight excluding hydrogens is 264 g/mol. The van der Waals surface area contributed by atoms with Gasteiger partial charge in [-0.1, -0.05) is 12.1 Å². The van der Waals surface area contributed by atoms with E-state index in [1.165, 1.54) is 0 Å². The van der Waals surface area contributed by atoms with Gasteiger partial charge in [0.25, 0.3) is 0 Å². The first-order valence-electron chi connectivity index (χ1n) is 7.23. The van der Waals surface area contributed by atoms with Gasteiger partial charge in [-0.15, -0.1) is 0 Å². The minimum atomic E-state index is 0.311. The second-order valence-electron chi connectivity index (χ2n) is 5.31. The van der Waals surface area contributed by atoms with E-state index in [0.717, 1.165) is 48.6 Å². The zero-order chi connectivity index (χ0) is 14.7. The van der Waals surface area contributed by atoms with Crippen molar-refractivity contribution >= 4 is 5.69 Å². The van der Waals surface area contributed by atoms with Crippen molar-refractivity contribution in [2.75, 3.05) is 25.1 Å². The standard InChI is InChI=1S/C16H20N4O/c1-21-14-4-2-3-12(9-14)16-15(10-18-11-19-16)20-7-5-13(17)6-8-20/h2-4,9-11,13H,5-8,17H2,1H3. The lowest BCUT2D eigenvalue weighted by atomic mass is 10.0. The van der Waals surface area contributed by atoms with Gasteiger partial charge in [-0.2, -0.15) is 0 Å². The van der Waals surface area contributed by atoms with E-state index in [-0.39, 0.29) is 0 Å². The number of methoxy groups -OCH3 is 1.